The van der Waals surface area contributed by atoms with Gasteiger partial charge in [0.1, 0.15) is 13.2 Å². The van der Waals surface area contributed by atoms with Crippen LogP contribution in [0.2, 0.25) is 0 Å². The highest BCUT2D eigenvalue weighted by molar-refractivity contribution is 5.71. The van der Waals surface area contributed by atoms with Crippen molar-refractivity contribution >= 4 is 17.9 Å². The largest absolute Gasteiger partial charge is 0.462 e. The average Bonchev–Trinajstić information content (AvgIpc) is 3.40. The van der Waals surface area contributed by atoms with E-state index in [1.807, 2.05) is 0 Å². The van der Waals surface area contributed by atoms with Crippen molar-refractivity contribution in [3.8, 4) is 0 Å². The van der Waals surface area contributed by atoms with Crippen molar-refractivity contribution in [1.29, 1.82) is 0 Å². The van der Waals surface area contributed by atoms with Crippen molar-refractivity contribution in [2.24, 2.45) is 0 Å². The quantitative estimate of drug-likeness (QED) is 0.0261. The molecule has 0 amide bonds. The lowest BCUT2D eigenvalue weighted by Gasteiger charge is -2.18. The standard InChI is InChI=1S/C68H128O6/c1-4-7-10-13-16-19-21-23-25-27-28-29-30-31-32-33-34-35-36-37-38-39-40-42-43-45-47-49-52-55-58-61-67(70)73-64-65(63-72-66(69)60-57-54-51-18-15-12-9-6-3)74-68(71)62-59-56-53-50-48-46-44-41-26-24-22-20-17-14-11-8-5-2/h21,23,27-28,65H,4-20,22,24-26,29-64H2,1-3H3/b23-21-,28-27-. The maximum absolute atomic E-state index is 12.9. The van der Waals surface area contributed by atoms with Gasteiger partial charge in [0, 0.05) is 19.3 Å². The Morgan fingerprint density at radius 2 is 0.486 bits per heavy atom. The van der Waals surface area contributed by atoms with Crippen LogP contribution in [0.4, 0.5) is 0 Å². The zero-order chi connectivity index (χ0) is 53.6. The van der Waals surface area contributed by atoms with E-state index in [4.69, 9.17) is 14.2 Å². The molecule has 6 heteroatoms. The number of rotatable bonds is 62. The third-order valence-corrected chi connectivity index (χ3v) is 15.2. The number of carbonyl (C=O) groups is 3. The number of allylic oxidation sites excluding steroid dienone is 4. The number of esters is 3. The van der Waals surface area contributed by atoms with Gasteiger partial charge in [-0.25, -0.2) is 0 Å². The molecule has 0 heterocycles. The second-order valence-corrected chi connectivity index (χ2v) is 22.7. The number of hydrogen-bond donors (Lipinski definition) is 0. The lowest BCUT2D eigenvalue weighted by molar-refractivity contribution is -0.167. The van der Waals surface area contributed by atoms with Gasteiger partial charge in [0.25, 0.3) is 0 Å². The van der Waals surface area contributed by atoms with Gasteiger partial charge >= 0.3 is 17.9 Å². The molecule has 6 nitrogen and oxygen atoms in total. The summed E-state index contributed by atoms with van der Waals surface area (Å²) in [7, 11) is 0. The first-order valence-corrected chi connectivity index (χ1v) is 33.3. The predicted molar refractivity (Wildman–Crippen MR) is 321 cm³/mol. The van der Waals surface area contributed by atoms with Crippen LogP contribution in [0.15, 0.2) is 24.3 Å². The molecule has 0 radical (unpaired) electrons. The van der Waals surface area contributed by atoms with Crippen LogP contribution in [-0.4, -0.2) is 37.2 Å². The lowest BCUT2D eigenvalue weighted by Crippen LogP contribution is -2.30. The molecule has 436 valence electrons. The Morgan fingerprint density at radius 1 is 0.270 bits per heavy atom. The van der Waals surface area contributed by atoms with Gasteiger partial charge in [-0.1, -0.05) is 328 Å². The number of hydrogen-bond acceptors (Lipinski definition) is 6. The summed E-state index contributed by atoms with van der Waals surface area (Å²) in [5.74, 6) is -0.841. The van der Waals surface area contributed by atoms with Crippen molar-refractivity contribution < 1.29 is 28.6 Å². The molecule has 0 aromatic rings. The summed E-state index contributed by atoms with van der Waals surface area (Å²) < 4.78 is 16.9. The molecule has 1 unspecified atom stereocenters. The van der Waals surface area contributed by atoms with E-state index in [-0.39, 0.29) is 31.1 Å². The third-order valence-electron chi connectivity index (χ3n) is 15.2. The Labute approximate surface area is 462 Å². The SMILES string of the molecule is CCCCCCC/C=C\C/C=C\CCCCCCCCCCCCCCCCCCCCCC(=O)OCC(COC(=O)CCCCCCCCCC)OC(=O)CCCCCCCCCCCCCCCCCCC. The molecule has 0 saturated carbocycles. The van der Waals surface area contributed by atoms with Crippen LogP contribution in [0, 0.1) is 0 Å². The van der Waals surface area contributed by atoms with E-state index in [2.05, 4.69) is 45.1 Å². The minimum atomic E-state index is -0.764. The van der Waals surface area contributed by atoms with Gasteiger partial charge < -0.3 is 14.2 Å². The Bertz CT molecular complexity index is 1190. The van der Waals surface area contributed by atoms with E-state index in [1.165, 1.54) is 270 Å². The molecule has 0 aliphatic rings. The smallest absolute Gasteiger partial charge is 0.306 e. The molecule has 0 spiro atoms. The van der Waals surface area contributed by atoms with Gasteiger partial charge in [0.15, 0.2) is 6.10 Å². The van der Waals surface area contributed by atoms with Gasteiger partial charge in [-0.2, -0.15) is 0 Å². The highest BCUT2D eigenvalue weighted by atomic mass is 16.6. The fourth-order valence-electron chi connectivity index (χ4n) is 10.2. The van der Waals surface area contributed by atoms with Crippen LogP contribution in [0.25, 0.3) is 0 Å². The van der Waals surface area contributed by atoms with Crippen molar-refractivity contribution in [3.63, 3.8) is 0 Å². The summed E-state index contributed by atoms with van der Waals surface area (Å²) in [5.41, 5.74) is 0. The zero-order valence-corrected chi connectivity index (χ0v) is 50.1. The maximum atomic E-state index is 12.9. The summed E-state index contributed by atoms with van der Waals surface area (Å²) >= 11 is 0. The summed E-state index contributed by atoms with van der Waals surface area (Å²) in [6.07, 6.45) is 76.5. The number of carbonyl (C=O) groups excluding carboxylic acids is 3. The van der Waals surface area contributed by atoms with Gasteiger partial charge in [-0.15, -0.1) is 0 Å². The molecule has 0 aliphatic carbocycles. The number of unbranched alkanes of at least 4 members (excludes halogenated alkanes) is 47. The van der Waals surface area contributed by atoms with Crippen LogP contribution in [0.5, 0.6) is 0 Å². The van der Waals surface area contributed by atoms with Gasteiger partial charge in [-0.3, -0.25) is 14.4 Å². The third kappa shape index (κ3) is 60.8. The topological polar surface area (TPSA) is 78.9 Å². The Balaban J connectivity index is 4.01. The Hall–Kier alpha value is -2.11. The fraction of sp³-hybridized carbons (Fsp3) is 0.897. The van der Waals surface area contributed by atoms with E-state index >= 15 is 0 Å². The van der Waals surface area contributed by atoms with Crippen molar-refractivity contribution in [3.05, 3.63) is 24.3 Å². The van der Waals surface area contributed by atoms with Crippen LogP contribution in [-0.2, 0) is 28.6 Å². The Morgan fingerprint density at radius 3 is 0.743 bits per heavy atom. The fourth-order valence-corrected chi connectivity index (χ4v) is 10.2. The Kier molecular flexibility index (Phi) is 61.6. The van der Waals surface area contributed by atoms with Crippen molar-refractivity contribution in [2.45, 2.75) is 380 Å². The predicted octanol–water partition coefficient (Wildman–Crippen LogP) is 22.6. The first-order valence-electron chi connectivity index (χ1n) is 33.3. The van der Waals surface area contributed by atoms with Crippen LogP contribution < -0.4 is 0 Å². The second kappa shape index (κ2) is 63.4. The normalized spacial score (nSPS) is 12.1. The molecule has 0 aromatic carbocycles. The van der Waals surface area contributed by atoms with Gasteiger partial charge in [-0.05, 0) is 51.4 Å². The summed E-state index contributed by atoms with van der Waals surface area (Å²) in [4.78, 5) is 38.1. The number of ether oxygens (including phenoxy) is 3. The van der Waals surface area contributed by atoms with Gasteiger partial charge in [0.2, 0.25) is 0 Å². The molecule has 74 heavy (non-hydrogen) atoms. The summed E-state index contributed by atoms with van der Waals surface area (Å²) in [6, 6.07) is 0. The molecule has 0 saturated heterocycles. The van der Waals surface area contributed by atoms with Crippen LogP contribution in [0.3, 0.4) is 0 Å². The van der Waals surface area contributed by atoms with Gasteiger partial charge in [0.05, 0.1) is 0 Å². The average molecular weight is 1040 g/mol. The second-order valence-electron chi connectivity index (χ2n) is 22.7. The summed E-state index contributed by atoms with van der Waals surface area (Å²) in [6.45, 7) is 6.67. The highest BCUT2D eigenvalue weighted by Crippen LogP contribution is 2.18. The summed E-state index contributed by atoms with van der Waals surface area (Å²) in [5, 5.41) is 0. The van der Waals surface area contributed by atoms with E-state index < -0.39 is 6.10 Å². The lowest BCUT2D eigenvalue weighted by atomic mass is 10.0. The molecule has 0 aromatic heterocycles. The molecular formula is C68H128O6. The minimum absolute atomic E-state index is 0.0640. The van der Waals surface area contributed by atoms with E-state index in [1.54, 1.807) is 0 Å². The zero-order valence-electron chi connectivity index (χ0n) is 50.1. The molecule has 0 rings (SSSR count). The van der Waals surface area contributed by atoms with Crippen molar-refractivity contribution in [1.82, 2.24) is 0 Å². The van der Waals surface area contributed by atoms with Crippen molar-refractivity contribution in [2.75, 3.05) is 13.2 Å². The molecule has 0 aliphatic heterocycles. The van der Waals surface area contributed by atoms with Crippen LogP contribution in [0.1, 0.15) is 374 Å². The molecule has 0 fully saturated rings. The maximum Gasteiger partial charge on any atom is 0.306 e. The minimum Gasteiger partial charge on any atom is -0.462 e. The van der Waals surface area contributed by atoms with Crippen LogP contribution >= 0.6 is 0 Å². The highest BCUT2D eigenvalue weighted by Gasteiger charge is 2.19. The first kappa shape index (κ1) is 71.9. The van der Waals surface area contributed by atoms with E-state index in [9.17, 15) is 14.4 Å². The molecule has 0 N–H and O–H groups in total. The van der Waals surface area contributed by atoms with E-state index in [0.29, 0.717) is 19.3 Å². The molecule has 0 bridgehead atoms. The monoisotopic (exact) mass is 1040 g/mol. The first-order chi connectivity index (χ1) is 36.5. The van der Waals surface area contributed by atoms with E-state index in [0.717, 1.165) is 64.2 Å². The molecular weight excluding hydrogens is 913 g/mol. The molecule has 1 atom stereocenters.